The average molecular weight is 689 g/mol. The lowest BCUT2D eigenvalue weighted by Crippen LogP contribution is -2.61. The molecule has 3 amide bonds. The minimum atomic E-state index is -1.28. The third kappa shape index (κ3) is 6.62. The standard InChI is InChI=1S/C34H46BrN3O7/c1-7-10-16-25(40)44-20-24(21-14-12-11-13-15-21)36-30(41)26-27-31(42)38(22(9-3)19-39)29(34(27)18-23(35)28(26)45-34)32(43)37(17-8-2)33(4,5)6/h7-8,11-15,22-24,26-29,39H,1-2,9-10,16-20H2,3-6H3,(H,36,41)/t22-,23?,24+,26+,27-,28+,29+,34-/m0/s1. The first kappa shape index (κ1) is 34.8. The Morgan fingerprint density at radius 1 is 1.24 bits per heavy atom. The van der Waals surface area contributed by atoms with Crippen LogP contribution in [0.4, 0.5) is 0 Å². The molecule has 3 fully saturated rings. The number of nitrogens with one attached hydrogen (secondary N) is 1. The highest BCUT2D eigenvalue weighted by Gasteiger charge is 2.77. The van der Waals surface area contributed by atoms with Gasteiger partial charge in [0.2, 0.25) is 17.7 Å². The van der Waals surface area contributed by atoms with Gasteiger partial charge in [0.1, 0.15) is 18.2 Å². The number of ether oxygens (including phenoxy) is 2. The number of alkyl halides is 1. The molecule has 3 aliphatic rings. The summed E-state index contributed by atoms with van der Waals surface area (Å²) in [6.45, 7) is 14.9. The first-order valence-corrected chi connectivity index (χ1v) is 16.6. The number of allylic oxidation sites excluding steroid dienone is 1. The smallest absolute Gasteiger partial charge is 0.306 e. The normalized spacial score (nSPS) is 28.3. The van der Waals surface area contributed by atoms with E-state index in [1.807, 2.05) is 58.0 Å². The SMILES string of the molecule is C=CCCC(=O)OC[C@@H](NC(=O)[C@H]1[C@@H]2O[C@@]3(CC2Br)[C@@H]1C(=O)N([C@@H](CC)CO)[C@@H]3C(=O)N(CC=C)C(C)(C)C)c1ccccc1. The van der Waals surface area contributed by atoms with Crippen molar-refractivity contribution in [1.82, 2.24) is 15.1 Å². The van der Waals surface area contributed by atoms with Crippen molar-refractivity contribution in [1.29, 1.82) is 0 Å². The minimum Gasteiger partial charge on any atom is -0.463 e. The third-order valence-electron chi connectivity index (χ3n) is 9.21. The summed E-state index contributed by atoms with van der Waals surface area (Å²) in [5.41, 5.74) is -1.13. The van der Waals surface area contributed by atoms with Gasteiger partial charge in [-0.25, -0.2) is 0 Å². The molecule has 3 saturated heterocycles. The lowest BCUT2D eigenvalue weighted by Gasteiger charge is -2.43. The summed E-state index contributed by atoms with van der Waals surface area (Å²) < 4.78 is 12.2. The van der Waals surface area contributed by atoms with E-state index in [0.717, 1.165) is 5.56 Å². The molecule has 1 spiro atoms. The number of nitrogens with zero attached hydrogens (tertiary/aromatic N) is 2. The van der Waals surface area contributed by atoms with Crippen molar-refractivity contribution in [2.45, 2.75) is 93.6 Å². The van der Waals surface area contributed by atoms with Crippen molar-refractivity contribution >= 4 is 39.6 Å². The van der Waals surface area contributed by atoms with E-state index < -0.39 is 59.1 Å². The van der Waals surface area contributed by atoms with Crippen LogP contribution in [0.1, 0.15) is 65.0 Å². The summed E-state index contributed by atoms with van der Waals surface area (Å²) in [5.74, 6) is -3.38. The van der Waals surface area contributed by atoms with Gasteiger partial charge < -0.3 is 29.7 Å². The number of esters is 1. The van der Waals surface area contributed by atoms with Gasteiger partial charge in [-0.15, -0.1) is 13.2 Å². The van der Waals surface area contributed by atoms with Crippen molar-refractivity contribution in [3.8, 4) is 0 Å². The molecular formula is C34H46BrN3O7. The summed E-state index contributed by atoms with van der Waals surface area (Å²) in [5, 5.41) is 13.4. The van der Waals surface area contributed by atoms with Crippen LogP contribution < -0.4 is 5.32 Å². The zero-order valence-electron chi connectivity index (χ0n) is 26.6. The van der Waals surface area contributed by atoms with E-state index in [1.165, 1.54) is 4.90 Å². The predicted octanol–water partition coefficient (Wildman–Crippen LogP) is 3.69. The number of hydrogen-bond donors (Lipinski definition) is 2. The maximum atomic E-state index is 14.5. The fourth-order valence-corrected chi connectivity index (χ4v) is 8.01. The topological polar surface area (TPSA) is 125 Å². The van der Waals surface area contributed by atoms with Gasteiger partial charge in [-0.05, 0) is 45.6 Å². The number of amides is 3. The van der Waals surface area contributed by atoms with E-state index in [4.69, 9.17) is 9.47 Å². The molecule has 10 nitrogen and oxygen atoms in total. The summed E-state index contributed by atoms with van der Waals surface area (Å²) in [6, 6.07) is 6.83. The Bertz CT molecular complexity index is 1280. The Balaban J connectivity index is 1.71. The molecule has 1 aromatic carbocycles. The molecule has 1 aromatic rings. The Hall–Kier alpha value is -3.02. The number of likely N-dealkylation sites (tertiary alicyclic amines) is 1. The largest absolute Gasteiger partial charge is 0.463 e. The Labute approximate surface area is 274 Å². The van der Waals surface area contributed by atoms with Gasteiger partial charge in [0.25, 0.3) is 0 Å². The lowest BCUT2D eigenvalue weighted by molar-refractivity contribution is -0.154. The molecule has 8 atom stereocenters. The molecule has 246 valence electrons. The first-order valence-electron chi connectivity index (χ1n) is 15.6. The van der Waals surface area contributed by atoms with E-state index in [-0.39, 0.29) is 42.8 Å². The van der Waals surface area contributed by atoms with Crippen molar-refractivity contribution in [2.75, 3.05) is 19.8 Å². The van der Waals surface area contributed by atoms with Gasteiger partial charge in [0, 0.05) is 23.3 Å². The van der Waals surface area contributed by atoms with Crippen LogP contribution in [-0.4, -0.2) is 92.5 Å². The van der Waals surface area contributed by atoms with Gasteiger partial charge in [-0.3, -0.25) is 19.2 Å². The molecular weight excluding hydrogens is 642 g/mol. The lowest BCUT2D eigenvalue weighted by atomic mass is 9.70. The Morgan fingerprint density at radius 3 is 2.51 bits per heavy atom. The molecule has 45 heavy (non-hydrogen) atoms. The van der Waals surface area contributed by atoms with Crippen molar-refractivity contribution in [3.05, 3.63) is 61.2 Å². The summed E-state index contributed by atoms with van der Waals surface area (Å²) in [4.78, 5) is 58.4. The molecule has 11 heteroatoms. The highest BCUT2D eigenvalue weighted by Crippen LogP contribution is 2.60. The number of fused-ring (bicyclic) bond motifs is 1. The van der Waals surface area contributed by atoms with Gasteiger partial charge in [-0.2, -0.15) is 0 Å². The fourth-order valence-electron chi connectivity index (χ4n) is 7.07. The summed E-state index contributed by atoms with van der Waals surface area (Å²) >= 11 is 3.71. The van der Waals surface area contributed by atoms with Crippen molar-refractivity contribution < 1.29 is 33.8 Å². The van der Waals surface area contributed by atoms with E-state index in [0.29, 0.717) is 19.3 Å². The first-order chi connectivity index (χ1) is 21.4. The van der Waals surface area contributed by atoms with Crippen molar-refractivity contribution in [2.24, 2.45) is 11.8 Å². The summed E-state index contributed by atoms with van der Waals surface area (Å²) in [6.07, 6.45) is 4.03. The number of rotatable bonds is 14. The molecule has 2 bridgehead atoms. The van der Waals surface area contributed by atoms with E-state index >= 15 is 0 Å². The highest BCUT2D eigenvalue weighted by atomic mass is 79.9. The number of hydrogen-bond acceptors (Lipinski definition) is 7. The quantitative estimate of drug-likeness (QED) is 0.174. The van der Waals surface area contributed by atoms with Crippen LogP contribution in [0, 0.1) is 11.8 Å². The molecule has 1 unspecified atom stereocenters. The maximum absolute atomic E-state index is 14.5. The molecule has 4 rings (SSSR count). The van der Waals surface area contributed by atoms with Gasteiger partial charge in [0.05, 0.1) is 36.6 Å². The van der Waals surface area contributed by atoms with Crippen LogP contribution >= 0.6 is 15.9 Å². The third-order valence-corrected chi connectivity index (χ3v) is 10.1. The van der Waals surface area contributed by atoms with Crippen LogP contribution in [0.15, 0.2) is 55.6 Å². The summed E-state index contributed by atoms with van der Waals surface area (Å²) in [7, 11) is 0. The molecule has 2 N–H and O–H groups in total. The fraction of sp³-hybridized carbons (Fsp3) is 0.588. The molecule has 3 aliphatic heterocycles. The van der Waals surface area contributed by atoms with Crippen LogP contribution in [0.5, 0.6) is 0 Å². The van der Waals surface area contributed by atoms with Crippen LogP contribution in [0.25, 0.3) is 0 Å². The second-order valence-electron chi connectivity index (χ2n) is 13.0. The monoisotopic (exact) mass is 687 g/mol. The van der Waals surface area contributed by atoms with E-state index in [1.54, 1.807) is 17.1 Å². The molecule has 0 aromatic heterocycles. The van der Waals surface area contributed by atoms with Crippen LogP contribution in [0.3, 0.4) is 0 Å². The second-order valence-corrected chi connectivity index (χ2v) is 14.2. The van der Waals surface area contributed by atoms with Gasteiger partial charge >= 0.3 is 5.97 Å². The number of aliphatic hydroxyl groups excluding tert-OH is 1. The Kier molecular flexibility index (Phi) is 11.0. The number of carbonyl (C=O) groups is 4. The zero-order chi connectivity index (χ0) is 33.1. The average Bonchev–Trinajstić information content (AvgIpc) is 3.60. The zero-order valence-corrected chi connectivity index (χ0v) is 28.2. The van der Waals surface area contributed by atoms with Gasteiger partial charge in [-0.1, -0.05) is 65.3 Å². The number of halogens is 1. The second kappa shape index (κ2) is 14.2. The molecule has 3 heterocycles. The van der Waals surface area contributed by atoms with Crippen LogP contribution in [-0.2, 0) is 28.7 Å². The van der Waals surface area contributed by atoms with Gasteiger partial charge in [0.15, 0.2) is 0 Å². The molecule has 0 radical (unpaired) electrons. The van der Waals surface area contributed by atoms with E-state index in [9.17, 15) is 24.3 Å². The van der Waals surface area contributed by atoms with Crippen LogP contribution in [0.2, 0.25) is 0 Å². The highest BCUT2D eigenvalue weighted by molar-refractivity contribution is 9.09. The van der Waals surface area contributed by atoms with E-state index in [2.05, 4.69) is 34.4 Å². The van der Waals surface area contributed by atoms with Crippen molar-refractivity contribution in [3.63, 3.8) is 0 Å². The maximum Gasteiger partial charge on any atom is 0.306 e. The minimum absolute atomic E-state index is 0.0940. The Morgan fingerprint density at radius 2 is 1.93 bits per heavy atom. The number of carbonyl (C=O) groups excluding carboxylic acids is 4. The molecule has 0 aliphatic carbocycles. The number of benzene rings is 1. The predicted molar refractivity (Wildman–Crippen MR) is 173 cm³/mol. The molecule has 0 saturated carbocycles. The number of aliphatic hydroxyl groups is 1.